The first-order valence-electron chi connectivity index (χ1n) is 9.08. The van der Waals surface area contributed by atoms with Gasteiger partial charge in [0.1, 0.15) is 11.5 Å². The van der Waals surface area contributed by atoms with Crippen molar-refractivity contribution in [1.82, 2.24) is 4.90 Å². The van der Waals surface area contributed by atoms with Crippen LogP contribution >= 0.6 is 11.3 Å². The molecule has 2 aliphatic heterocycles. The van der Waals surface area contributed by atoms with Gasteiger partial charge in [-0.2, -0.15) is 0 Å². The van der Waals surface area contributed by atoms with Crippen molar-refractivity contribution in [1.29, 1.82) is 0 Å². The quantitative estimate of drug-likeness (QED) is 0.803. The molecule has 1 unspecified atom stereocenters. The molecule has 0 bridgehead atoms. The molecule has 0 amide bonds. The minimum absolute atomic E-state index is 0.0980. The van der Waals surface area contributed by atoms with Gasteiger partial charge in [-0.15, -0.1) is 11.3 Å². The summed E-state index contributed by atoms with van der Waals surface area (Å²) in [6, 6.07) is 5.60. The molecule has 1 fully saturated rings. The summed E-state index contributed by atoms with van der Waals surface area (Å²) in [5.74, 6) is 1.64. The van der Waals surface area contributed by atoms with Gasteiger partial charge in [0.05, 0.1) is 11.1 Å². The maximum Gasteiger partial charge on any atom is 0.232 e. The molecule has 26 heavy (non-hydrogen) atoms. The van der Waals surface area contributed by atoms with Crippen LogP contribution in [0.1, 0.15) is 46.1 Å². The lowest BCUT2D eigenvalue weighted by atomic mass is 9.97. The molecule has 1 aromatic carbocycles. The van der Waals surface area contributed by atoms with E-state index in [4.69, 9.17) is 4.74 Å². The number of thiophene rings is 1. The van der Waals surface area contributed by atoms with Crippen molar-refractivity contribution < 1.29 is 14.6 Å². The number of rotatable bonds is 3. The van der Waals surface area contributed by atoms with E-state index in [1.54, 1.807) is 23.5 Å². The summed E-state index contributed by atoms with van der Waals surface area (Å²) in [6.45, 7) is 6.73. The lowest BCUT2D eigenvalue weighted by Crippen LogP contribution is -2.33. The predicted molar refractivity (Wildman–Crippen MR) is 104 cm³/mol. The lowest BCUT2D eigenvalue weighted by Gasteiger charge is -2.31. The maximum absolute atomic E-state index is 12.9. The third-order valence-electron chi connectivity index (χ3n) is 5.16. The van der Waals surface area contributed by atoms with E-state index in [2.05, 4.69) is 11.8 Å². The minimum Gasteiger partial charge on any atom is -0.507 e. The van der Waals surface area contributed by atoms with Gasteiger partial charge in [0.25, 0.3) is 0 Å². The number of carbonyl (C=O) groups excluding carboxylic acids is 1. The number of aromatic hydroxyl groups is 1. The first-order valence-corrected chi connectivity index (χ1v) is 9.96. The number of aryl methyl sites for hydroxylation is 1. The number of phenolic OH excluding ortho intramolecular Hbond substituents is 1. The molecule has 4 rings (SSSR count). The number of benzene rings is 1. The van der Waals surface area contributed by atoms with Gasteiger partial charge in [-0.25, -0.2) is 0 Å². The molecule has 1 aromatic heterocycles. The summed E-state index contributed by atoms with van der Waals surface area (Å²) in [5, 5.41) is 12.5. The van der Waals surface area contributed by atoms with Crippen LogP contribution in [0.15, 0.2) is 29.3 Å². The highest BCUT2D eigenvalue weighted by Gasteiger charge is 2.34. The summed E-state index contributed by atoms with van der Waals surface area (Å²) < 4.78 is 5.99. The summed E-state index contributed by atoms with van der Waals surface area (Å²) in [7, 11) is 0. The number of carbonyl (C=O) groups is 1. The van der Waals surface area contributed by atoms with E-state index in [-0.39, 0.29) is 11.5 Å². The van der Waals surface area contributed by atoms with Crippen LogP contribution in [-0.2, 0) is 6.54 Å². The van der Waals surface area contributed by atoms with Crippen LogP contribution in [0.25, 0.3) is 6.08 Å². The van der Waals surface area contributed by atoms with Crippen LogP contribution in [-0.4, -0.2) is 28.9 Å². The zero-order valence-electron chi connectivity index (χ0n) is 15.1. The van der Waals surface area contributed by atoms with Crippen LogP contribution in [0.2, 0.25) is 0 Å². The fraction of sp³-hybridized carbons (Fsp3) is 0.381. The zero-order valence-corrected chi connectivity index (χ0v) is 15.9. The number of ketones is 1. The van der Waals surface area contributed by atoms with E-state index in [0.717, 1.165) is 29.1 Å². The fourth-order valence-corrected chi connectivity index (χ4v) is 4.54. The monoisotopic (exact) mass is 369 g/mol. The third-order valence-corrected chi connectivity index (χ3v) is 5.98. The van der Waals surface area contributed by atoms with Crippen molar-refractivity contribution >= 4 is 23.2 Å². The molecule has 2 aromatic rings. The molecular formula is C21H23NO3S. The van der Waals surface area contributed by atoms with Gasteiger partial charge in [-0.1, -0.05) is 13.0 Å². The second-order valence-electron chi connectivity index (χ2n) is 7.33. The molecule has 0 aliphatic carbocycles. The number of allylic oxidation sites excluding steroid dienone is 1. The highest BCUT2D eigenvalue weighted by Crippen LogP contribution is 2.42. The van der Waals surface area contributed by atoms with Gasteiger partial charge >= 0.3 is 0 Å². The summed E-state index contributed by atoms with van der Waals surface area (Å²) >= 11 is 1.56. The van der Waals surface area contributed by atoms with Gasteiger partial charge in [-0.3, -0.25) is 9.69 Å². The number of piperidine rings is 1. The van der Waals surface area contributed by atoms with Crippen molar-refractivity contribution in [2.75, 3.05) is 13.1 Å². The molecule has 0 saturated carbocycles. The largest absolute Gasteiger partial charge is 0.507 e. The standard InChI is InChI=1S/C21H23NO3S/c1-13-5-3-7-22(11-13)12-16-17(23)9-14(2)19-20(24)18(25-21(16)19)10-15-6-4-8-26-15/h4,6,8-10,13,23H,3,5,7,11-12H2,1-2H3/b18-10+. The maximum atomic E-state index is 12.9. The second-order valence-corrected chi connectivity index (χ2v) is 8.31. The average molecular weight is 369 g/mol. The van der Waals surface area contributed by atoms with Crippen LogP contribution < -0.4 is 4.74 Å². The van der Waals surface area contributed by atoms with Gasteiger partial charge in [0, 0.05) is 24.0 Å². The van der Waals surface area contributed by atoms with Gasteiger partial charge in [0.2, 0.25) is 5.78 Å². The van der Waals surface area contributed by atoms with Crippen molar-refractivity contribution in [2.45, 2.75) is 33.2 Å². The van der Waals surface area contributed by atoms with Crippen LogP contribution in [0, 0.1) is 12.8 Å². The number of Topliss-reactive ketones (excluding diaryl/α,β-unsaturated/α-hetero) is 1. The molecule has 5 heteroatoms. The van der Waals surface area contributed by atoms with Gasteiger partial charge < -0.3 is 9.84 Å². The summed E-state index contributed by atoms with van der Waals surface area (Å²) in [6.07, 6.45) is 4.20. The number of fused-ring (bicyclic) bond motifs is 1. The Morgan fingerprint density at radius 2 is 2.31 bits per heavy atom. The predicted octanol–water partition coefficient (Wildman–Crippen LogP) is 4.61. The SMILES string of the molecule is Cc1cc(O)c(CN2CCCC(C)C2)c2c1C(=O)/C(=C\c1cccs1)O2. The zero-order chi connectivity index (χ0) is 18.3. The molecule has 2 aliphatic rings. The van der Waals surface area contributed by atoms with E-state index in [0.29, 0.717) is 29.5 Å². The Hall–Kier alpha value is -2.11. The van der Waals surface area contributed by atoms with Crippen LogP contribution in [0.4, 0.5) is 0 Å². The second kappa shape index (κ2) is 6.89. The Morgan fingerprint density at radius 1 is 1.46 bits per heavy atom. The first-order chi connectivity index (χ1) is 12.5. The Kier molecular flexibility index (Phi) is 4.59. The smallest absolute Gasteiger partial charge is 0.232 e. The number of hydrogen-bond donors (Lipinski definition) is 1. The molecule has 136 valence electrons. The highest BCUT2D eigenvalue weighted by atomic mass is 32.1. The number of ether oxygens (including phenoxy) is 1. The Morgan fingerprint density at radius 3 is 3.04 bits per heavy atom. The highest BCUT2D eigenvalue weighted by molar-refractivity contribution is 7.10. The van der Waals surface area contributed by atoms with E-state index in [9.17, 15) is 9.90 Å². The molecule has 1 saturated heterocycles. The van der Waals surface area contributed by atoms with E-state index < -0.39 is 0 Å². The van der Waals surface area contributed by atoms with Crippen molar-refractivity contribution in [3.63, 3.8) is 0 Å². The Bertz CT molecular complexity index is 870. The topological polar surface area (TPSA) is 49.8 Å². The third kappa shape index (κ3) is 3.17. The van der Waals surface area contributed by atoms with E-state index >= 15 is 0 Å². The molecular weight excluding hydrogens is 346 g/mol. The van der Waals surface area contributed by atoms with Crippen LogP contribution in [0.5, 0.6) is 11.5 Å². The first kappa shape index (κ1) is 17.3. The number of nitrogens with zero attached hydrogens (tertiary/aromatic N) is 1. The fourth-order valence-electron chi connectivity index (χ4n) is 3.89. The van der Waals surface area contributed by atoms with Gasteiger partial charge in [-0.05, 0) is 55.3 Å². The number of likely N-dealkylation sites (tertiary alicyclic amines) is 1. The van der Waals surface area contributed by atoms with E-state index in [1.165, 1.54) is 12.8 Å². The molecule has 1 atom stereocenters. The lowest BCUT2D eigenvalue weighted by molar-refractivity contribution is 0.101. The molecule has 0 radical (unpaired) electrons. The van der Waals surface area contributed by atoms with Crippen molar-refractivity contribution in [3.8, 4) is 11.5 Å². The molecule has 1 N–H and O–H groups in total. The van der Waals surface area contributed by atoms with Crippen LogP contribution in [0.3, 0.4) is 0 Å². The average Bonchev–Trinajstić information content (AvgIpc) is 3.21. The summed E-state index contributed by atoms with van der Waals surface area (Å²) in [4.78, 5) is 16.2. The van der Waals surface area contributed by atoms with Gasteiger partial charge in [0.15, 0.2) is 5.76 Å². The number of phenols is 1. The number of hydrogen-bond acceptors (Lipinski definition) is 5. The molecule has 3 heterocycles. The molecule has 4 nitrogen and oxygen atoms in total. The normalized spacial score (nSPS) is 21.8. The van der Waals surface area contributed by atoms with Crippen molar-refractivity contribution in [3.05, 3.63) is 50.9 Å². The Balaban J connectivity index is 1.69. The van der Waals surface area contributed by atoms with Crippen molar-refractivity contribution in [2.24, 2.45) is 5.92 Å². The Labute approximate surface area is 157 Å². The van der Waals surface area contributed by atoms with E-state index in [1.807, 2.05) is 24.4 Å². The summed E-state index contributed by atoms with van der Waals surface area (Å²) in [5.41, 5.74) is 2.07. The minimum atomic E-state index is -0.0980. The molecule has 0 spiro atoms.